The number of aromatic nitrogens is 6. The molecule has 0 fully saturated rings. The minimum absolute atomic E-state index is 0.125. The van der Waals surface area contributed by atoms with Crippen LogP contribution in [0.4, 0.5) is 11.8 Å². The number of anilines is 2. The molecular weight excluding hydrogens is 488 g/mol. The first-order valence-corrected chi connectivity index (χ1v) is 12.6. The molecule has 0 aliphatic heterocycles. The zero-order chi connectivity index (χ0) is 26.9. The summed E-state index contributed by atoms with van der Waals surface area (Å²) in [5, 5.41) is 7.95. The molecule has 0 radical (unpaired) electrons. The molecule has 0 saturated heterocycles. The van der Waals surface area contributed by atoms with Gasteiger partial charge < -0.3 is 10.6 Å². The van der Waals surface area contributed by atoms with Gasteiger partial charge in [0.15, 0.2) is 5.82 Å². The molecule has 0 unspecified atom stereocenters. The van der Waals surface area contributed by atoms with Gasteiger partial charge in [0.05, 0.1) is 16.9 Å². The molecule has 0 aliphatic rings. The third-order valence-corrected chi connectivity index (χ3v) is 6.66. The van der Waals surface area contributed by atoms with Crippen molar-refractivity contribution in [3.63, 3.8) is 0 Å². The van der Waals surface area contributed by atoms with E-state index in [0.29, 0.717) is 28.5 Å². The fourth-order valence-electron chi connectivity index (χ4n) is 4.78. The van der Waals surface area contributed by atoms with Crippen molar-refractivity contribution in [2.75, 3.05) is 17.7 Å². The zero-order valence-electron chi connectivity index (χ0n) is 21.8. The Morgan fingerprint density at radius 3 is 2.46 bits per heavy atom. The molecule has 2 N–H and O–H groups in total. The van der Waals surface area contributed by atoms with Crippen LogP contribution in [0.2, 0.25) is 0 Å². The minimum atomic E-state index is -0.307. The van der Waals surface area contributed by atoms with Gasteiger partial charge in [-0.25, -0.2) is 15.0 Å². The van der Waals surface area contributed by atoms with E-state index in [1.54, 1.807) is 30.2 Å². The van der Waals surface area contributed by atoms with Gasteiger partial charge in [0.1, 0.15) is 11.3 Å². The van der Waals surface area contributed by atoms with Gasteiger partial charge in [-0.3, -0.25) is 14.3 Å². The minimum Gasteiger partial charge on any atom is -0.360 e. The van der Waals surface area contributed by atoms with Gasteiger partial charge in [-0.1, -0.05) is 36.4 Å². The number of nitrogens with one attached hydrogen (secondary N) is 2. The third kappa shape index (κ3) is 4.44. The Morgan fingerprint density at radius 2 is 1.69 bits per heavy atom. The SMILES string of the molecule is CNc1nc(N[C@@H](C)c2cc3cccc(-c4cnc(C)nc4)c3c(=O)n2-c2ccccc2)c2ncccc2n1. The molecular formula is C30H26N8O. The number of hydrogen-bond acceptors (Lipinski definition) is 8. The molecule has 0 bridgehead atoms. The van der Waals surface area contributed by atoms with Crippen molar-refractivity contribution in [2.24, 2.45) is 0 Å². The average molecular weight is 515 g/mol. The lowest BCUT2D eigenvalue weighted by Gasteiger charge is -2.22. The van der Waals surface area contributed by atoms with E-state index in [2.05, 4.69) is 41.6 Å². The fourth-order valence-corrected chi connectivity index (χ4v) is 4.78. The number of rotatable bonds is 6. The number of hydrogen-bond donors (Lipinski definition) is 2. The van der Waals surface area contributed by atoms with Crippen molar-refractivity contribution in [2.45, 2.75) is 19.9 Å². The van der Waals surface area contributed by atoms with Crippen molar-refractivity contribution in [1.82, 2.24) is 29.5 Å². The largest absolute Gasteiger partial charge is 0.360 e. The van der Waals surface area contributed by atoms with E-state index in [1.807, 2.05) is 74.5 Å². The predicted molar refractivity (Wildman–Crippen MR) is 154 cm³/mol. The van der Waals surface area contributed by atoms with Gasteiger partial charge in [-0.2, -0.15) is 4.98 Å². The molecule has 6 rings (SSSR count). The van der Waals surface area contributed by atoms with Crippen LogP contribution >= 0.6 is 0 Å². The number of aryl methyl sites for hydroxylation is 1. The van der Waals surface area contributed by atoms with Crippen molar-refractivity contribution < 1.29 is 0 Å². The summed E-state index contributed by atoms with van der Waals surface area (Å²) in [5.74, 6) is 1.74. The Labute approximate surface area is 224 Å². The highest BCUT2D eigenvalue weighted by Crippen LogP contribution is 2.30. The molecule has 0 saturated carbocycles. The highest BCUT2D eigenvalue weighted by atomic mass is 16.1. The van der Waals surface area contributed by atoms with Crippen LogP contribution in [0.25, 0.3) is 38.6 Å². The van der Waals surface area contributed by atoms with Crippen LogP contribution in [-0.2, 0) is 0 Å². The lowest BCUT2D eigenvalue weighted by molar-refractivity contribution is 0.774. The molecule has 1 atom stereocenters. The van der Waals surface area contributed by atoms with Crippen LogP contribution in [0.15, 0.2) is 90.1 Å². The van der Waals surface area contributed by atoms with Gasteiger partial charge in [0, 0.05) is 42.6 Å². The van der Waals surface area contributed by atoms with Gasteiger partial charge in [0.25, 0.3) is 5.56 Å². The highest BCUT2D eigenvalue weighted by molar-refractivity contribution is 5.96. The second kappa shape index (κ2) is 9.94. The first-order chi connectivity index (χ1) is 19.0. The third-order valence-electron chi connectivity index (χ3n) is 6.66. The van der Waals surface area contributed by atoms with Gasteiger partial charge in [0.2, 0.25) is 5.95 Å². The van der Waals surface area contributed by atoms with E-state index >= 15 is 0 Å². The summed E-state index contributed by atoms with van der Waals surface area (Å²) in [7, 11) is 1.78. The molecule has 0 spiro atoms. The Bertz CT molecular complexity index is 1870. The normalized spacial score (nSPS) is 12.0. The lowest BCUT2D eigenvalue weighted by Crippen LogP contribution is -2.26. The van der Waals surface area contributed by atoms with Crippen LogP contribution in [0, 0.1) is 6.92 Å². The maximum Gasteiger partial charge on any atom is 0.263 e. The molecule has 0 aliphatic carbocycles. The number of benzene rings is 2. The van der Waals surface area contributed by atoms with Gasteiger partial charge >= 0.3 is 0 Å². The average Bonchev–Trinajstić information content (AvgIpc) is 2.97. The zero-order valence-corrected chi connectivity index (χ0v) is 21.8. The maximum atomic E-state index is 14.3. The Kier molecular flexibility index (Phi) is 6.16. The smallest absolute Gasteiger partial charge is 0.263 e. The van der Waals surface area contributed by atoms with Crippen LogP contribution in [0.3, 0.4) is 0 Å². The summed E-state index contributed by atoms with van der Waals surface area (Å²) >= 11 is 0. The molecule has 2 aromatic carbocycles. The van der Waals surface area contributed by atoms with E-state index in [4.69, 9.17) is 0 Å². The Balaban J connectivity index is 1.56. The molecule has 6 aromatic rings. The molecule has 9 nitrogen and oxygen atoms in total. The predicted octanol–water partition coefficient (Wildman–Crippen LogP) is 5.31. The molecule has 192 valence electrons. The highest BCUT2D eigenvalue weighted by Gasteiger charge is 2.20. The van der Waals surface area contributed by atoms with E-state index in [-0.39, 0.29) is 11.6 Å². The Hall–Kier alpha value is -5.18. The van der Waals surface area contributed by atoms with Crippen LogP contribution in [-0.4, -0.2) is 36.5 Å². The van der Waals surface area contributed by atoms with Crippen molar-refractivity contribution in [3.05, 3.63) is 107 Å². The van der Waals surface area contributed by atoms with E-state index < -0.39 is 0 Å². The second-order valence-electron chi connectivity index (χ2n) is 9.22. The molecule has 9 heteroatoms. The molecule has 4 heterocycles. The van der Waals surface area contributed by atoms with E-state index in [1.165, 1.54) is 0 Å². The summed E-state index contributed by atoms with van der Waals surface area (Å²) < 4.78 is 1.76. The van der Waals surface area contributed by atoms with Crippen LogP contribution < -0.4 is 16.2 Å². The first-order valence-electron chi connectivity index (χ1n) is 12.6. The van der Waals surface area contributed by atoms with Crippen molar-refractivity contribution >= 4 is 33.6 Å². The fraction of sp³-hybridized carbons (Fsp3) is 0.133. The number of para-hydroxylation sites is 1. The number of fused-ring (bicyclic) bond motifs is 2. The number of nitrogens with zero attached hydrogens (tertiary/aromatic N) is 6. The van der Waals surface area contributed by atoms with Crippen molar-refractivity contribution in [3.8, 4) is 16.8 Å². The van der Waals surface area contributed by atoms with Gasteiger partial charge in [-0.05, 0) is 55.1 Å². The van der Waals surface area contributed by atoms with Crippen molar-refractivity contribution in [1.29, 1.82) is 0 Å². The van der Waals surface area contributed by atoms with E-state index in [9.17, 15) is 4.79 Å². The van der Waals surface area contributed by atoms with Gasteiger partial charge in [-0.15, -0.1) is 0 Å². The summed E-state index contributed by atoms with van der Waals surface area (Å²) in [6.45, 7) is 3.85. The standard InChI is InChI=1S/C30H26N8O/c1-18(35-28-27-24(13-8-14-32-27)36-30(31-3)37-28)25-15-20-9-7-12-23(21-16-33-19(2)34-17-21)26(20)29(39)38(25)22-10-5-4-6-11-22/h4-18H,1-3H3,(H2,31,35,36,37)/t18-/m0/s1. The summed E-state index contributed by atoms with van der Waals surface area (Å²) in [6.07, 6.45) is 5.23. The summed E-state index contributed by atoms with van der Waals surface area (Å²) in [4.78, 5) is 36.7. The first kappa shape index (κ1) is 24.2. The maximum absolute atomic E-state index is 14.3. The molecule has 39 heavy (non-hydrogen) atoms. The Morgan fingerprint density at radius 1 is 0.897 bits per heavy atom. The van der Waals surface area contributed by atoms with Crippen LogP contribution in [0.5, 0.6) is 0 Å². The lowest BCUT2D eigenvalue weighted by atomic mass is 9.99. The topological polar surface area (TPSA) is 111 Å². The number of pyridine rings is 2. The van der Waals surface area contributed by atoms with Crippen LogP contribution in [0.1, 0.15) is 24.5 Å². The monoisotopic (exact) mass is 514 g/mol. The summed E-state index contributed by atoms with van der Waals surface area (Å²) in [6, 6.07) is 21.0. The van der Waals surface area contributed by atoms with E-state index in [0.717, 1.165) is 33.4 Å². The quantitative estimate of drug-likeness (QED) is 0.308. The molecule has 0 amide bonds. The molecule has 4 aromatic heterocycles. The second-order valence-corrected chi connectivity index (χ2v) is 9.22. The summed E-state index contributed by atoms with van der Waals surface area (Å²) in [5.41, 5.74) is 4.38.